The van der Waals surface area contributed by atoms with Crippen LogP contribution in [0, 0.1) is 6.92 Å². The molecule has 0 unspecified atom stereocenters. The molecule has 0 aliphatic carbocycles. The molecule has 0 amide bonds. The second-order valence-electron chi connectivity index (χ2n) is 3.62. The van der Waals surface area contributed by atoms with Crippen LogP contribution in [0.3, 0.4) is 0 Å². The Morgan fingerprint density at radius 2 is 2.18 bits per heavy atom. The van der Waals surface area contributed by atoms with Crippen LogP contribution in [-0.2, 0) is 0 Å². The van der Waals surface area contributed by atoms with Crippen LogP contribution >= 0.6 is 0 Å². The highest BCUT2D eigenvalue weighted by Crippen LogP contribution is 2.29. The minimum absolute atomic E-state index is 0.523. The Hall–Kier alpha value is -2.17. The van der Waals surface area contributed by atoms with Crippen LogP contribution in [-0.4, -0.2) is 16.8 Å². The second kappa shape index (κ2) is 4.78. The summed E-state index contributed by atoms with van der Waals surface area (Å²) in [6, 6.07) is 7.10. The van der Waals surface area contributed by atoms with Crippen molar-refractivity contribution in [2.24, 2.45) is 0 Å². The topological polar surface area (TPSA) is 73.2 Å². The Balaban J connectivity index is 2.18. The molecule has 0 aliphatic rings. The SMILES string of the molecule is CCOc1cc(Oc2cc(C)[nH]n2)ccc1N. The first-order chi connectivity index (χ1) is 8.19. The van der Waals surface area contributed by atoms with E-state index in [0.717, 1.165) is 5.69 Å². The number of ether oxygens (including phenoxy) is 2. The lowest BCUT2D eigenvalue weighted by molar-refractivity contribution is 0.339. The number of aromatic amines is 1. The lowest BCUT2D eigenvalue weighted by Crippen LogP contribution is -1.97. The molecule has 0 saturated carbocycles. The summed E-state index contributed by atoms with van der Waals surface area (Å²) in [4.78, 5) is 0. The molecule has 0 bridgehead atoms. The molecule has 1 aromatic heterocycles. The number of anilines is 1. The molecule has 0 spiro atoms. The van der Waals surface area contributed by atoms with E-state index in [-0.39, 0.29) is 0 Å². The summed E-state index contributed by atoms with van der Waals surface area (Å²) in [5.74, 6) is 1.79. The van der Waals surface area contributed by atoms with Gasteiger partial charge in [0.05, 0.1) is 12.3 Å². The van der Waals surface area contributed by atoms with Crippen LogP contribution in [0.4, 0.5) is 5.69 Å². The van der Waals surface area contributed by atoms with Crippen LogP contribution in [0.5, 0.6) is 17.4 Å². The maximum atomic E-state index is 5.77. The number of nitrogens with two attached hydrogens (primary N) is 1. The maximum Gasteiger partial charge on any atom is 0.238 e. The lowest BCUT2D eigenvalue weighted by Gasteiger charge is -2.08. The molecule has 0 atom stereocenters. The molecule has 1 aromatic carbocycles. The van der Waals surface area contributed by atoms with Gasteiger partial charge in [-0.15, -0.1) is 5.10 Å². The standard InChI is InChI=1S/C12H15N3O2/c1-3-16-11-7-9(4-5-10(11)13)17-12-6-8(2)14-15-12/h4-7H,3,13H2,1-2H3,(H,14,15). The van der Waals surface area contributed by atoms with E-state index in [4.69, 9.17) is 15.2 Å². The van der Waals surface area contributed by atoms with Crippen molar-refractivity contribution in [2.45, 2.75) is 13.8 Å². The highest BCUT2D eigenvalue weighted by Gasteiger charge is 2.05. The van der Waals surface area contributed by atoms with E-state index >= 15 is 0 Å². The zero-order valence-corrected chi connectivity index (χ0v) is 9.86. The monoisotopic (exact) mass is 233 g/mol. The Labute approximate surface area is 99.5 Å². The molecule has 0 radical (unpaired) electrons. The first-order valence-corrected chi connectivity index (χ1v) is 5.41. The summed E-state index contributed by atoms with van der Waals surface area (Å²) in [5, 5.41) is 6.80. The van der Waals surface area contributed by atoms with Gasteiger partial charge in [0, 0.05) is 17.8 Å². The fourth-order valence-corrected chi connectivity index (χ4v) is 1.42. The number of hydrogen-bond donors (Lipinski definition) is 2. The van der Waals surface area contributed by atoms with Crippen molar-refractivity contribution < 1.29 is 9.47 Å². The van der Waals surface area contributed by atoms with E-state index in [9.17, 15) is 0 Å². The first-order valence-electron chi connectivity index (χ1n) is 5.41. The third-order valence-corrected chi connectivity index (χ3v) is 2.19. The van der Waals surface area contributed by atoms with Gasteiger partial charge in [0.2, 0.25) is 5.88 Å². The van der Waals surface area contributed by atoms with Gasteiger partial charge in [0.1, 0.15) is 11.5 Å². The fourth-order valence-electron chi connectivity index (χ4n) is 1.42. The predicted molar refractivity (Wildman–Crippen MR) is 65.4 cm³/mol. The molecule has 0 aliphatic heterocycles. The van der Waals surface area contributed by atoms with E-state index in [1.807, 2.05) is 19.9 Å². The van der Waals surface area contributed by atoms with Crippen molar-refractivity contribution in [3.05, 3.63) is 30.0 Å². The summed E-state index contributed by atoms with van der Waals surface area (Å²) >= 11 is 0. The van der Waals surface area contributed by atoms with Gasteiger partial charge < -0.3 is 15.2 Å². The zero-order chi connectivity index (χ0) is 12.3. The van der Waals surface area contributed by atoms with Crippen LogP contribution < -0.4 is 15.2 Å². The molecule has 90 valence electrons. The van der Waals surface area contributed by atoms with Crippen molar-refractivity contribution in [3.8, 4) is 17.4 Å². The van der Waals surface area contributed by atoms with Crippen molar-refractivity contribution in [3.63, 3.8) is 0 Å². The number of rotatable bonds is 4. The minimum atomic E-state index is 0.523. The molecule has 5 heteroatoms. The van der Waals surface area contributed by atoms with Crippen molar-refractivity contribution in [1.82, 2.24) is 10.2 Å². The molecule has 3 N–H and O–H groups in total. The van der Waals surface area contributed by atoms with Gasteiger partial charge in [-0.05, 0) is 26.0 Å². The molecule has 0 fully saturated rings. The Morgan fingerprint density at radius 1 is 1.35 bits per heavy atom. The van der Waals surface area contributed by atoms with Gasteiger partial charge in [-0.25, -0.2) is 0 Å². The van der Waals surface area contributed by atoms with Crippen molar-refractivity contribution in [1.29, 1.82) is 0 Å². The average Bonchev–Trinajstić information content (AvgIpc) is 2.69. The highest BCUT2D eigenvalue weighted by molar-refractivity contribution is 5.56. The quantitative estimate of drug-likeness (QED) is 0.796. The van der Waals surface area contributed by atoms with Crippen LogP contribution in [0.2, 0.25) is 0 Å². The van der Waals surface area contributed by atoms with Gasteiger partial charge >= 0.3 is 0 Å². The smallest absolute Gasteiger partial charge is 0.238 e. The number of nitrogen functional groups attached to an aromatic ring is 1. The number of aromatic nitrogens is 2. The number of H-pyrrole nitrogens is 1. The van der Waals surface area contributed by atoms with Crippen LogP contribution in [0.15, 0.2) is 24.3 Å². The highest BCUT2D eigenvalue weighted by atomic mass is 16.5. The van der Waals surface area contributed by atoms with Gasteiger partial charge in [-0.1, -0.05) is 0 Å². The Morgan fingerprint density at radius 3 is 2.82 bits per heavy atom. The molecular weight excluding hydrogens is 218 g/mol. The molecule has 5 nitrogen and oxygen atoms in total. The molecule has 0 saturated heterocycles. The third kappa shape index (κ3) is 2.69. The van der Waals surface area contributed by atoms with E-state index in [1.54, 1.807) is 18.2 Å². The lowest BCUT2D eigenvalue weighted by atomic mass is 10.3. The van der Waals surface area contributed by atoms with Crippen molar-refractivity contribution in [2.75, 3.05) is 12.3 Å². The first kappa shape index (κ1) is 11.3. The van der Waals surface area contributed by atoms with Gasteiger partial charge in [0.25, 0.3) is 0 Å². The van der Waals surface area contributed by atoms with Gasteiger partial charge in [0.15, 0.2) is 0 Å². The molecule has 17 heavy (non-hydrogen) atoms. The van der Waals surface area contributed by atoms with Crippen molar-refractivity contribution >= 4 is 5.69 Å². The second-order valence-corrected chi connectivity index (χ2v) is 3.62. The third-order valence-electron chi connectivity index (χ3n) is 2.19. The van der Waals surface area contributed by atoms with Gasteiger partial charge in [-0.2, -0.15) is 0 Å². The Bertz CT molecular complexity index is 508. The summed E-state index contributed by atoms with van der Waals surface area (Å²) in [6.45, 7) is 4.38. The maximum absolute atomic E-state index is 5.77. The molecule has 2 rings (SSSR count). The van der Waals surface area contributed by atoms with E-state index in [2.05, 4.69) is 10.2 Å². The summed E-state index contributed by atoms with van der Waals surface area (Å²) < 4.78 is 11.0. The normalized spacial score (nSPS) is 10.2. The summed E-state index contributed by atoms with van der Waals surface area (Å²) in [6.07, 6.45) is 0. The van der Waals surface area contributed by atoms with Crippen LogP contribution in [0.1, 0.15) is 12.6 Å². The van der Waals surface area contributed by atoms with E-state index < -0.39 is 0 Å². The fraction of sp³-hybridized carbons (Fsp3) is 0.250. The van der Waals surface area contributed by atoms with Crippen LogP contribution in [0.25, 0.3) is 0 Å². The van der Waals surface area contributed by atoms with E-state index in [0.29, 0.717) is 29.7 Å². The average molecular weight is 233 g/mol. The summed E-state index contributed by atoms with van der Waals surface area (Å²) in [5.41, 5.74) is 7.31. The zero-order valence-electron chi connectivity index (χ0n) is 9.86. The predicted octanol–water partition coefficient (Wildman–Crippen LogP) is 2.49. The van der Waals surface area contributed by atoms with Gasteiger partial charge in [-0.3, -0.25) is 5.10 Å². The molecule has 1 heterocycles. The summed E-state index contributed by atoms with van der Waals surface area (Å²) in [7, 11) is 0. The number of benzene rings is 1. The largest absolute Gasteiger partial charge is 0.492 e. The number of nitrogens with zero attached hydrogens (tertiary/aromatic N) is 1. The minimum Gasteiger partial charge on any atom is -0.492 e. The Kier molecular flexibility index (Phi) is 3.18. The number of aryl methyl sites for hydroxylation is 1. The molecular formula is C12H15N3O2. The molecule has 2 aromatic rings. The number of nitrogens with one attached hydrogen (secondary N) is 1. The number of hydrogen-bond acceptors (Lipinski definition) is 4. The van der Waals surface area contributed by atoms with E-state index in [1.165, 1.54) is 0 Å².